The highest BCUT2D eigenvalue weighted by atomic mass is 35.5. The largest absolute Gasteiger partial charge is 0.484 e. The number of benzene rings is 1. The van der Waals surface area contributed by atoms with Crippen molar-refractivity contribution in [2.24, 2.45) is 0 Å². The van der Waals surface area contributed by atoms with Crippen LogP contribution in [0.1, 0.15) is 49.2 Å². The van der Waals surface area contributed by atoms with Crippen molar-refractivity contribution < 1.29 is 23.8 Å². The molecule has 3 aliphatic carbocycles. The number of hydrogen-bond donors (Lipinski definition) is 3. The Labute approximate surface area is 196 Å². The molecule has 3 saturated carbocycles. The van der Waals surface area contributed by atoms with Crippen molar-refractivity contribution >= 4 is 29.5 Å². The Morgan fingerprint density at radius 2 is 1.91 bits per heavy atom. The van der Waals surface area contributed by atoms with E-state index < -0.39 is 11.4 Å². The molecular formula is C24H25ClFN3O4. The minimum atomic E-state index is -0.952. The highest BCUT2D eigenvalue weighted by molar-refractivity contribution is 6.30. The molecule has 0 unspecified atom stereocenters. The quantitative estimate of drug-likeness (QED) is 0.546. The fraction of sp³-hybridized carbons (Fsp3) is 0.375. The number of aliphatic hydroxyl groups is 1. The highest BCUT2D eigenvalue weighted by Gasteiger charge is 2.69. The standard InChI is InChI=1S/C24H25ClFN3O4/c1-22(2,32)7-5-15-6-8-27-19(9-15)21(31)29-24-12-23(13-24,14-24)28-20(30)11-33-16-3-4-17(25)18(26)10-16/h3-10,32H,11-14H2,1-2H3,(H,28,30)(H,29,31)/b7-5+. The van der Waals surface area contributed by atoms with Gasteiger partial charge in [0, 0.05) is 23.3 Å². The molecule has 3 aliphatic rings. The van der Waals surface area contributed by atoms with Crippen LogP contribution in [0, 0.1) is 5.82 Å². The molecule has 1 aromatic heterocycles. The predicted octanol–water partition coefficient (Wildman–Crippen LogP) is 3.26. The average Bonchev–Trinajstić information content (AvgIpc) is 2.70. The highest BCUT2D eigenvalue weighted by Crippen LogP contribution is 2.60. The zero-order valence-electron chi connectivity index (χ0n) is 18.3. The molecule has 7 nitrogen and oxygen atoms in total. The summed E-state index contributed by atoms with van der Waals surface area (Å²) >= 11 is 5.63. The smallest absolute Gasteiger partial charge is 0.270 e. The molecule has 1 heterocycles. The second kappa shape index (κ2) is 8.43. The van der Waals surface area contributed by atoms with E-state index in [1.807, 2.05) is 0 Å². The SMILES string of the molecule is CC(C)(O)/C=C/c1ccnc(C(=O)NC23CC(NC(=O)COc4ccc(Cl)c(F)c4)(C2)C3)c1. The first kappa shape index (κ1) is 23.2. The van der Waals surface area contributed by atoms with Crippen LogP contribution in [0.5, 0.6) is 5.75 Å². The number of ether oxygens (including phenoxy) is 1. The van der Waals surface area contributed by atoms with E-state index in [2.05, 4.69) is 15.6 Å². The molecule has 33 heavy (non-hydrogen) atoms. The third-order valence-electron chi connectivity index (χ3n) is 5.77. The molecule has 174 valence electrons. The first-order chi connectivity index (χ1) is 15.5. The van der Waals surface area contributed by atoms with E-state index in [4.69, 9.17) is 16.3 Å². The maximum Gasteiger partial charge on any atom is 0.270 e. The van der Waals surface area contributed by atoms with Crippen LogP contribution in [-0.4, -0.2) is 45.2 Å². The van der Waals surface area contributed by atoms with E-state index in [1.165, 1.54) is 12.1 Å². The minimum absolute atomic E-state index is 0.0134. The number of aromatic nitrogens is 1. The maximum atomic E-state index is 13.5. The van der Waals surface area contributed by atoms with Crippen molar-refractivity contribution in [1.29, 1.82) is 0 Å². The monoisotopic (exact) mass is 473 g/mol. The van der Waals surface area contributed by atoms with Crippen molar-refractivity contribution in [2.45, 2.75) is 49.8 Å². The molecule has 5 rings (SSSR count). The van der Waals surface area contributed by atoms with E-state index in [-0.39, 0.29) is 40.3 Å². The molecule has 0 atom stereocenters. The van der Waals surface area contributed by atoms with Gasteiger partial charge in [-0.15, -0.1) is 0 Å². The summed E-state index contributed by atoms with van der Waals surface area (Å²) in [5, 5.41) is 15.8. The van der Waals surface area contributed by atoms with Crippen LogP contribution in [0.2, 0.25) is 5.02 Å². The van der Waals surface area contributed by atoms with Crippen LogP contribution < -0.4 is 15.4 Å². The molecule has 0 spiro atoms. The van der Waals surface area contributed by atoms with Gasteiger partial charge in [0.25, 0.3) is 11.8 Å². The molecule has 9 heteroatoms. The second-order valence-corrected chi connectivity index (χ2v) is 9.83. The van der Waals surface area contributed by atoms with Gasteiger partial charge in [-0.05, 0) is 62.9 Å². The number of carbonyl (C=O) groups excluding carboxylic acids is 2. The third-order valence-corrected chi connectivity index (χ3v) is 6.08. The first-order valence-electron chi connectivity index (χ1n) is 10.6. The van der Waals surface area contributed by atoms with Crippen LogP contribution in [0.3, 0.4) is 0 Å². The maximum absolute atomic E-state index is 13.5. The summed E-state index contributed by atoms with van der Waals surface area (Å²) in [5.74, 6) is -0.973. The lowest BCUT2D eigenvalue weighted by Crippen LogP contribution is -2.84. The molecule has 2 amide bonds. The van der Waals surface area contributed by atoms with Gasteiger partial charge in [0.1, 0.15) is 17.3 Å². The summed E-state index contributed by atoms with van der Waals surface area (Å²) in [7, 11) is 0. The van der Waals surface area contributed by atoms with E-state index in [1.54, 1.807) is 44.3 Å². The Balaban J connectivity index is 1.25. The average molecular weight is 474 g/mol. The first-order valence-corrected chi connectivity index (χ1v) is 10.9. The van der Waals surface area contributed by atoms with E-state index in [9.17, 15) is 19.1 Å². The van der Waals surface area contributed by atoms with Crippen LogP contribution in [0.25, 0.3) is 6.08 Å². The Morgan fingerprint density at radius 1 is 1.21 bits per heavy atom. The van der Waals surface area contributed by atoms with Gasteiger partial charge in [-0.1, -0.05) is 23.8 Å². The minimum Gasteiger partial charge on any atom is -0.484 e. The van der Waals surface area contributed by atoms with E-state index >= 15 is 0 Å². The summed E-state index contributed by atoms with van der Waals surface area (Å²) in [6.45, 7) is 3.09. The lowest BCUT2D eigenvalue weighted by atomic mass is 9.44. The van der Waals surface area contributed by atoms with Crippen molar-refractivity contribution in [2.75, 3.05) is 6.61 Å². The Bertz CT molecular complexity index is 1110. The third kappa shape index (κ3) is 5.34. The van der Waals surface area contributed by atoms with Crippen LogP contribution >= 0.6 is 11.6 Å². The van der Waals surface area contributed by atoms with Gasteiger partial charge in [0.2, 0.25) is 0 Å². The van der Waals surface area contributed by atoms with Gasteiger partial charge in [-0.3, -0.25) is 14.6 Å². The van der Waals surface area contributed by atoms with Crippen molar-refractivity contribution in [3.63, 3.8) is 0 Å². The van der Waals surface area contributed by atoms with Crippen molar-refractivity contribution in [3.8, 4) is 5.75 Å². The molecule has 0 saturated heterocycles. The van der Waals surface area contributed by atoms with Gasteiger partial charge >= 0.3 is 0 Å². The van der Waals surface area contributed by atoms with Crippen molar-refractivity contribution in [3.05, 3.63) is 64.7 Å². The molecular weight excluding hydrogens is 449 g/mol. The Kier molecular flexibility index (Phi) is 5.92. The van der Waals surface area contributed by atoms with Crippen LogP contribution in [0.15, 0.2) is 42.6 Å². The lowest BCUT2D eigenvalue weighted by molar-refractivity contribution is -0.141. The van der Waals surface area contributed by atoms with Gasteiger partial charge in [0.05, 0.1) is 10.6 Å². The number of hydrogen-bond acceptors (Lipinski definition) is 5. The Hall–Kier alpha value is -2.97. The molecule has 2 bridgehead atoms. The fourth-order valence-corrected chi connectivity index (χ4v) is 4.50. The normalized spacial score (nSPS) is 23.4. The number of nitrogens with one attached hydrogen (secondary N) is 2. The van der Waals surface area contributed by atoms with Gasteiger partial charge in [-0.25, -0.2) is 4.39 Å². The number of halogens is 2. The topological polar surface area (TPSA) is 101 Å². The summed E-state index contributed by atoms with van der Waals surface area (Å²) in [6, 6.07) is 7.41. The number of rotatable bonds is 8. The molecule has 1 aromatic carbocycles. The Morgan fingerprint density at radius 3 is 2.58 bits per heavy atom. The number of carbonyl (C=O) groups is 2. The van der Waals surface area contributed by atoms with E-state index in [0.717, 1.165) is 11.6 Å². The lowest BCUT2D eigenvalue weighted by Gasteiger charge is -2.70. The van der Waals surface area contributed by atoms with Crippen LogP contribution in [0.4, 0.5) is 4.39 Å². The number of amides is 2. The second-order valence-electron chi connectivity index (χ2n) is 9.42. The zero-order valence-corrected chi connectivity index (χ0v) is 19.1. The molecule has 0 aliphatic heterocycles. The molecule has 0 radical (unpaired) electrons. The summed E-state index contributed by atoms with van der Waals surface area (Å²) < 4.78 is 18.8. The molecule has 2 aromatic rings. The van der Waals surface area contributed by atoms with Gasteiger partial charge in [0.15, 0.2) is 6.61 Å². The predicted molar refractivity (Wildman–Crippen MR) is 121 cm³/mol. The number of pyridine rings is 1. The number of nitrogens with zero attached hydrogens (tertiary/aromatic N) is 1. The zero-order chi connectivity index (χ0) is 23.9. The van der Waals surface area contributed by atoms with Gasteiger partial charge < -0.3 is 20.5 Å². The van der Waals surface area contributed by atoms with Gasteiger partial charge in [-0.2, -0.15) is 0 Å². The van der Waals surface area contributed by atoms with Crippen molar-refractivity contribution in [1.82, 2.24) is 15.6 Å². The summed E-state index contributed by atoms with van der Waals surface area (Å²) in [6.07, 6.45) is 6.83. The van der Waals surface area contributed by atoms with Crippen LogP contribution in [-0.2, 0) is 4.79 Å². The summed E-state index contributed by atoms with van der Waals surface area (Å²) in [4.78, 5) is 29.1. The molecule has 3 fully saturated rings. The fourth-order valence-electron chi connectivity index (χ4n) is 4.38. The molecule has 3 N–H and O–H groups in total. The van der Waals surface area contributed by atoms with E-state index in [0.29, 0.717) is 25.0 Å². The summed E-state index contributed by atoms with van der Waals surface area (Å²) in [5.41, 5.74) is -0.584.